The van der Waals surface area contributed by atoms with Gasteiger partial charge in [-0.1, -0.05) is 48.0 Å². The van der Waals surface area contributed by atoms with Crippen molar-refractivity contribution in [3.05, 3.63) is 89.0 Å². The summed E-state index contributed by atoms with van der Waals surface area (Å²) in [5, 5.41) is 14.6. The normalized spacial score (nSPS) is 14.6. The molecule has 1 atom stereocenters. The maximum Gasteiger partial charge on any atom is 0.326 e. The molecule has 0 aliphatic carbocycles. The van der Waals surface area contributed by atoms with Crippen molar-refractivity contribution in [2.45, 2.75) is 19.4 Å². The Morgan fingerprint density at radius 1 is 1.06 bits per heavy atom. The summed E-state index contributed by atoms with van der Waals surface area (Å²) in [6, 6.07) is 16.4. The summed E-state index contributed by atoms with van der Waals surface area (Å²) in [4.78, 5) is 27.9. The highest BCUT2D eigenvalue weighted by molar-refractivity contribution is 7.22. The quantitative estimate of drug-likeness (QED) is 0.145. The van der Waals surface area contributed by atoms with Crippen molar-refractivity contribution in [3.63, 3.8) is 0 Å². The molecule has 2 aromatic heterocycles. The number of anilines is 1. The summed E-state index contributed by atoms with van der Waals surface area (Å²) in [5.41, 5.74) is 3.90. The molecule has 2 N–H and O–H groups in total. The largest absolute Gasteiger partial charge is 0.496 e. The molecule has 1 saturated heterocycles. The first-order chi connectivity index (χ1) is 23.2. The molecule has 12 heteroatoms. The fourth-order valence-electron chi connectivity index (χ4n) is 5.96. The molecule has 0 saturated carbocycles. The monoisotopic (exact) mass is 689 g/mol. The lowest BCUT2D eigenvalue weighted by Crippen LogP contribution is -2.45. The van der Waals surface area contributed by atoms with Crippen LogP contribution in [0.5, 0.6) is 11.5 Å². The first-order valence-corrected chi connectivity index (χ1v) is 16.9. The summed E-state index contributed by atoms with van der Waals surface area (Å²) in [5.74, 6) is 0.170. The van der Waals surface area contributed by atoms with E-state index in [9.17, 15) is 14.3 Å². The number of carboxylic acids is 1. The molecular formula is C36H37ClFN5O4S. The number of methoxy groups -OCH3 is 1. The average molecular weight is 690 g/mol. The number of likely N-dealkylation sites (N-methyl/N-ethyl adjacent to an activating group) is 1. The second-order valence-electron chi connectivity index (χ2n) is 11.8. The van der Waals surface area contributed by atoms with E-state index in [1.54, 1.807) is 25.3 Å². The fourth-order valence-corrected chi connectivity index (χ4v) is 7.34. The van der Waals surface area contributed by atoms with Crippen molar-refractivity contribution in [1.82, 2.24) is 19.8 Å². The van der Waals surface area contributed by atoms with Gasteiger partial charge in [-0.15, -0.1) is 11.3 Å². The average Bonchev–Trinajstić information content (AvgIpc) is 3.48. The molecule has 0 spiro atoms. The van der Waals surface area contributed by atoms with Crippen molar-refractivity contribution in [3.8, 4) is 33.1 Å². The predicted octanol–water partition coefficient (Wildman–Crippen LogP) is 6.87. The Morgan fingerprint density at radius 2 is 1.81 bits per heavy atom. The van der Waals surface area contributed by atoms with Crippen LogP contribution in [-0.2, 0) is 11.2 Å². The molecule has 1 aliphatic heterocycles. The first kappa shape index (κ1) is 33.6. The topological polar surface area (TPSA) is 100 Å². The van der Waals surface area contributed by atoms with Gasteiger partial charge in [0.25, 0.3) is 0 Å². The number of carboxylic acid groups (broad SMARTS) is 1. The first-order valence-electron chi connectivity index (χ1n) is 15.7. The van der Waals surface area contributed by atoms with E-state index >= 15 is 0 Å². The summed E-state index contributed by atoms with van der Waals surface area (Å²) < 4.78 is 25.7. The van der Waals surface area contributed by atoms with Crippen molar-refractivity contribution in [2.75, 3.05) is 58.8 Å². The summed E-state index contributed by atoms with van der Waals surface area (Å²) in [7, 11) is 3.69. The number of nitrogens with zero attached hydrogens (tertiary/aromatic N) is 4. The molecule has 1 aliphatic rings. The highest BCUT2D eigenvalue weighted by Crippen LogP contribution is 2.49. The van der Waals surface area contributed by atoms with E-state index in [0.29, 0.717) is 39.2 Å². The standard InChI is InChI=1S/C36H37ClFN5O4S/c1-22-26(12-13-29(32(22)37)47-19-18-43-16-14-42(2)15-17-43)30-31-34(41-27(36(44)45)20-24-6-4-5-7-28(24)46-3)39-21-40-35(31)48-33(30)23-8-10-25(38)11-9-23/h4-13,21,27H,14-20H2,1-3H3,(H,44,45)(H,39,40,41)/t27-/m1/s1. The SMILES string of the molecule is COc1ccccc1C[C@@H](Nc1ncnc2sc(-c3ccc(F)cc3)c(-c3ccc(OCCN4CCN(C)CC4)c(Cl)c3C)c12)C(=O)O. The van der Waals surface area contributed by atoms with Crippen LogP contribution in [0.1, 0.15) is 11.1 Å². The maximum absolute atomic E-state index is 14.0. The Balaban J connectivity index is 1.39. The minimum Gasteiger partial charge on any atom is -0.496 e. The minimum atomic E-state index is -1.04. The van der Waals surface area contributed by atoms with E-state index in [4.69, 9.17) is 21.1 Å². The maximum atomic E-state index is 14.0. The third-order valence-electron chi connectivity index (χ3n) is 8.70. The number of thiophene rings is 1. The van der Waals surface area contributed by atoms with Crippen LogP contribution in [0.2, 0.25) is 5.02 Å². The molecule has 48 heavy (non-hydrogen) atoms. The van der Waals surface area contributed by atoms with Crippen LogP contribution in [0.15, 0.2) is 67.0 Å². The van der Waals surface area contributed by atoms with E-state index in [1.807, 2.05) is 37.3 Å². The summed E-state index contributed by atoms with van der Waals surface area (Å²) in [6.07, 6.45) is 1.57. The van der Waals surface area contributed by atoms with Crippen LogP contribution in [0.4, 0.5) is 10.2 Å². The smallest absolute Gasteiger partial charge is 0.326 e. The van der Waals surface area contributed by atoms with Gasteiger partial charge in [0, 0.05) is 49.6 Å². The van der Waals surface area contributed by atoms with Gasteiger partial charge in [-0.25, -0.2) is 19.2 Å². The molecular weight excluding hydrogens is 653 g/mol. The zero-order valence-corrected chi connectivity index (χ0v) is 28.6. The molecule has 5 aromatic rings. The Morgan fingerprint density at radius 3 is 2.54 bits per heavy atom. The minimum absolute atomic E-state index is 0.153. The van der Waals surface area contributed by atoms with Crippen molar-refractivity contribution in [1.29, 1.82) is 0 Å². The number of fused-ring (bicyclic) bond motifs is 1. The van der Waals surface area contributed by atoms with Crippen LogP contribution in [0, 0.1) is 12.7 Å². The molecule has 9 nitrogen and oxygen atoms in total. The number of benzene rings is 3. The van der Waals surface area contributed by atoms with Gasteiger partial charge in [-0.2, -0.15) is 0 Å². The lowest BCUT2D eigenvalue weighted by Gasteiger charge is -2.32. The third kappa shape index (κ3) is 7.24. The van der Waals surface area contributed by atoms with E-state index in [0.717, 1.165) is 65.4 Å². The number of rotatable bonds is 12. The Labute approximate surface area is 287 Å². The number of hydrogen-bond donors (Lipinski definition) is 2. The lowest BCUT2D eigenvalue weighted by atomic mass is 9.95. The Bertz CT molecular complexity index is 1910. The zero-order chi connectivity index (χ0) is 33.8. The number of carbonyl (C=O) groups is 1. The molecule has 0 bridgehead atoms. The van der Waals surface area contributed by atoms with Crippen LogP contribution in [0.3, 0.4) is 0 Å². The molecule has 3 heterocycles. The van der Waals surface area contributed by atoms with Crippen LogP contribution in [0.25, 0.3) is 31.8 Å². The summed E-state index contributed by atoms with van der Waals surface area (Å²) >= 11 is 8.40. The molecule has 0 radical (unpaired) electrons. The number of para-hydroxylation sites is 1. The Kier molecular flexibility index (Phi) is 10.4. The van der Waals surface area contributed by atoms with Gasteiger partial charge in [0.05, 0.1) is 17.5 Å². The molecule has 250 valence electrons. The number of piperazine rings is 1. The predicted molar refractivity (Wildman–Crippen MR) is 189 cm³/mol. The number of aromatic nitrogens is 2. The van der Waals surface area contributed by atoms with Crippen LogP contribution < -0.4 is 14.8 Å². The van der Waals surface area contributed by atoms with E-state index in [-0.39, 0.29) is 12.2 Å². The summed E-state index contributed by atoms with van der Waals surface area (Å²) in [6.45, 7) is 7.32. The lowest BCUT2D eigenvalue weighted by molar-refractivity contribution is -0.137. The second-order valence-corrected chi connectivity index (χ2v) is 13.2. The van der Waals surface area contributed by atoms with E-state index in [1.165, 1.54) is 29.8 Å². The molecule has 3 aromatic carbocycles. The highest BCUT2D eigenvalue weighted by Gasteiger charge is 2.27. The number of ether oxygens (including phenoxy) is 2. The molecule has 6 rings (SSSR count). The number of nitrogens with one attached hydrogen (secondary N) is 1. The van der Waals surface area contributed by atoms with Gasteiger partial charge >= 0.3 is 5.97 Å². The van der Waals surface area contributed by atoms with E-state index < -0.39 is 12.0 Å². The number of hydrogen-bond acceptors (Lipinski definition) is 9. The van der Waals surface area contributed by atoms with Gasteiger partial charge in [0.1, 0.15) is 46.9 Å². The van der Waals surface area contributed by atoms with Gasteiger partial charge < -0.3 is 24.8 Å². The van der Waals surface area contributed by atoms with Crippen molar-refractivity contribution < 1.29 is 23.8 Å². The molecule has 0 amide bonds. The zero-order valence-electron chi connectivity index (χ0n) is 27.0. The van der Waals surface area contributed by atoms with Gasteiger partial charge in [0.2, 0.25) is 0 Å². The number of aliphatic carboxylic acids is 1. The highest BCUT2D eigenvalue weighted by atomic mass is 35.5. The second kappa shape index (κ2) is 14.9. The fraction of sp³-hybridized carbons (Fsp3) is 0.306. The molecule has 1 fully saturated rings. The Hall–Kier alpha value is -4.29. The molecule has 0 unspecified atom stereocenters. The van der Waals surface area contributed by atoms with Crippen LogP contribution >= 0.6 is 22.9 Å². The van der Waals surface area contributed by atoms with Crippen molar-refractivity contribution >= 4 is 44.9 Å². The van der Waals surface area contributed by atoms with Gasteiger partial charge in [0.15, 0.2) is 0 Å². The number of halogens is 2. The van der Waals surface area contributed by atoms with Gasteiger partial charge in [-0.05, 0) is 60.5 Å². The van der Waals surface area contributed by atoms with Gasteiger partial charge in [-0.3, -0.25) is 4.90 Å². The van der Waals surface area contributed by atoms with Crippen molar-refractivity contribution in [2.24, 2.45) is 0 Å². The third-order valence-corrected chi connectivity index (χ3v) is 10.3. The van der Waals surface area contributed by atoms with Crippen LogP contribution in [-0.4, -0.2) is 90.4 Å². The van der Waals surface area contributed by atoms with E-state index in [2.05, 4.69) is 32.1 Å².